The highest BCUT2D eigenvalue weighted by Crippen LogP contribution is 2.42. The largest absolute Gasteiger partial charge is 0.475 e. The van der Waals surface area contributed by atoms with Crippen LogP contribution in [0.1, 0.15) is 30.4 Å². The first-order valence-electron chi connectivity index (χ1n) is 15.1. The molecule has 8 nitrogen and oxygen atoms in total. The normalized spacial score (nSPS) is 20.2. The van der Waals surface area contributed by atoms with E-state index in [0.717, 1.165) is 49.1 Å². The Hall–Kier alpha value is -4.12. The predicted molar refractivity (Wildman–Crippen MR) is 171 cm³/mol. The van der Waals surface area contributed by atoms with Crippen LogP contribution in [-0.4, -0.2) is 84.9 Å². The molecule has 2 fully saturated rings. The maximum Gasteiger partial charge on any atom is 0.246 e. The molecule has 0 spiro atoms. The van der Waals surface area contributed by atoms with Crippen molar-refractivity contribution in [3.8, 4) is 23.1 Å². The van der Waals surface area contributed by atoms with E-state index in [-0.39, 0.29) is 35.8 Å². The fourth-order valence-electron chi connectivity index (χ4n) is 6.72. The molecular formula is C34H35FN6O2S. The van der Waals surface area contributed by atoms with E-state index in [1.807, 2.05) is 17.0 Å². The second-order valence-corrected chi connectivity index (χ2v) is 12.7. The number of thioether (sulfide) groups is 1. The average Bonchev–Trinajstić information content (AvgIpc) is 3.46. The van der Waals surface area contributed by atoms with Crippen LogP contribution in [0.15, 0.2) is 47.9 Å². The third-order valence-electron chi connectivity index (χ3n) is 9.02. The highest BCUT2D eigenvalue weighted by molar-refractivity contribution is 7.99. The van der Waals surface area contributed by atoms with Gasteiger partial charge in [-0.3, -0.25) is 4.79 Å². The molecule has 0 N–H and O–H groups in total. The van der Waals surface area contributed by atoms with E-state index < -0.39 is 6.04 Å². The van der Waals surface area contributed by atoms with E-state index in [9.17, 15) is 10.1 Å². The number of fused-ring (bicyclic) bond motifs is 2. The number of carbonyl (C=O) groups is 1. The summed E-state index contributed by atoms with van der Waals surface area (Å²) in [4.78, 5) is 28.1. The average molecular weight is 611 g/mol. The van der Waals surface area contributed by atoms with Gasteiger partial charge in [0.1, 0.15) is 30.1 Å². The Labute approximate surface area is 261 Å². The van der Waals surface area contributed by atoms with Crippen LogP contribution in [0.5, 0.6) is 5.88 Å². The number of carbonyl (C=O) groups excluding carboxylic acids is 1. The SMILES string of the molecule is [C-]#[N+]C[C@H]1CN(c2c(C#N)c(OC[C@@H]3CCCN3C)nc3cc(-c4cccc5c4CCCS5)c(F)cc23)CCN1C(=O)C=C. The van der Waals surface area contributed by atoms with Gasteiger partial charge in [-0.15, -0.1) is 11.8 Å². The summed E-state index contributed by atoms with van der Waals surface area (Å²) in [6.45, 7) is 13.7. The van der Waals surface area contributed by atoms with Crippen molar-refractivity contribution in [3.63, 3.8) is 0 Å². The Bertz CT molecular complexity index is 1700. The zero-order valence-corrected chi connectivity index (χ0v) is 25.7. The van der Waals surface area contributed by atoms with Crippen molar-refractivity contribution < 1.29 is 13.9 Å². The van der Waals surface area contributed by atoms with Crippen LogP contribution >= 0.6 is 11.8 Å². The molecule has 4 heterocycles. The number of rotatable bonds is 7. The number of anilines is 1. The number of halogens is 1. The monoisotopic (exact) mass is 610 g/mol. The van der Waals surface area contributed by atoms with E-state index in [4.69, 9.17) is 16.3 Å². The first kappa shape index (κ1) is 29.9. The quantitative estimate of drug-likeness (QED) is 0.257. The lowest BCUT2D eigenvalue weighted by Crippen LogP contribution is -2.56. The van der Waals surface area contributed by atoms with Crippen LogP contribution < -0.4 is 9.64 Å². The third kappa shape index (κ3) is 5.60. The van der Waals surface area contributed by atoms with Crippen molar-refractivity contribution in [2.24, 2.45) is 0 Å². The molecule has 2 aromatic carbocycles. The third-order valence-corrected chi connectivity index (χ3v) is 10.2. The van der Waals surface area contributed by atoms with Crippen LogP contribution in [0.2, 0.25) is 0 Å². The first-order valence-corrected chi connectivity index (χ1v) is 16.1. The lowest BCUT2D eigenvalue weighted by molar-refractivity contribution is -0.128. The first-order chi connectivity index (χ1) is 21.4. The Morgan fingerprint density at radius 3 is 2.89 bits per heavy atom. The van der Waals surface area contributed by atoms with Crippen molar-refractivity contribution in [2.75, 3.05) is 57.0 Å². The number of ether oxygens (including phenoxy) is 1. The summed E-state index contributed by atoms with van der Waals surface area (Å²) >= 11 is 1.80. The molecule has 3 aromatic rings. The fraction of sp³-hybridized carbons (Fsp3) is 0.412. The van der Waals surface area contributed by atoms with E-state index in [1.54, 1.807) is 22.7 Å². The van der Waals surface area contributed by atoms with Crippen molar-refractivity contribution in [2.45, 2.75) is 42.7 Å². The van der Waals surface area contributed by atoms with Crippen molar-refractivity contribution in [3.05, 3.63) is 71.3 Å². The number of likely N-dealkylation sites (N-methyl/N-ethyl adjacent to an activating group) is 1. The van der Waals surface area contributed by atoms with Gasteiger partial charge in [0.05, 0.1) is 11.2 Å². The van der Waals surface area contributed by atoms with Gasteiger partial charge in [-0.05, 0) is 80.4 Å². The molecule has 1 aromatic heterocycles. The molecule has 0 unspecified atom stereocenters. The van der Waals surface area contributed by atoms with Gasteiger partial charge in [0, 0.05) is 41.5 Å². The summed E-state index contributed by atoms with van der Waals surface area (Å²) in [6.07, 6.45) is 5.28. The van der Waals surface area contributed by atoms with Gasteiger partial charge in [0.25, 0.3) is 0 Å². The summed E-state index contributed by atoms with van der Waals surface area (Å²) in [6, 6.07) is 11.4. The molecule has 0 radical (unpaired) electrons. The van der Waals surface area contributed by atoms with Gasteiger partial charge < -0.3 is 24.3 Å². The van der Waals surface area contributed by atoms with E-state index in [0.29, 0.717) is 48.4 Å². The van der Waals surface area contributed by atoms with Crippen LogP contribution in [0.25, 0.3) is 26.9 Å². The minimum atomic E-state index is -0.407. The number of piperazine rings is 1. The number of amides is 1. The molecule has 0 bridgehead atoms. The predicted octanol–water partition coefficient (Wildman–Crippen LogP) is 5.55. The van der Waals surface area contributed by atoms with Crippen molar-refractivity contribution >= 4 is 34.3 Å². The number of nitrogens with zero attached hydrogens (tertiary/aromatic N) is 6. The molecule has 226 valence electrons. The Balaban J connectivity index is 1.49. The molecule has 6 rings (SSSR count). The van der Waals surface area contributed by atoms with Crippen LogP contribution in [0, 0.1) is 23.7 Å². The van der Waals surface area contributed by atoms with Gasteiger partial charge in [-0.2, -0.15) is 5.26 Å². The van der Waals surface area contributed by atoms with Crippen LogP contribution in [0.4, 0.5) is 10.1 Å². The second kappa shape index (κ2) is 12.9. The number of likely N-dealkylation sites (tertiary alicyclic amines) is 1. The number of benzene rings is 2. The maximum absolute atomic E-state index is 16.2. The summed E-state index contributed by atoms with van der Waals surface area (Å²) in [5, 5.41) is 11.0. The molecule has 44 heavy (non-hydrogen) atoms. The van der Waals surface area contributed by atoms with Crippen LogP contribution in [-0.2, 0) is 11.2 Å². The summed E-state index contributed by atoms with van der Waals surface area (Å²) in [7, 11) is 2.07. The lowest BCUT2D eigenvalue weighted by atomic mass is 9.94. The zero-order valence-electron chi connectivity index (χ0n) is 24.9. The van der Waals surface area contributed by atoms with E-state index in [2.05, 4.69) is 35.5 Å². The molecule has 0 aliphatic carbocycles. The molecule has 10 heteroatoms. The van der Waals surface area contributed by atoms with Gasteiger partial charge in [-0.1, -0.05) is 18.7 Å². The molecule has 2 atom stereocenters. The van der Waals surface area contributed by atoms with E-state index in [1.165, 1.54) is 17.0 Å². The molecule has 3 aliphatic rings. The molecular weight excluding hydrogens is 575 g/mol. The minimum Gasteiger partial charge on any atom is -0.475 e. The number of pyridine rings is 1. The number of hydrogen-bond acceptors (Lipinski definition) is 7. The Kier molecular flexibility index (Phi) is 8.74. The summed E-state index contributed by atoms with van der Waals surface area (Å²) in [5.74, 6) is 0.663. The van der Waals surface area contributed by atoms with Crippen LogP contribution in [0.3, 0.4) is 0 Å². The van der Waals surface area contributed by atoms with Gasteiger partial charge in [-0.25, -0.2) is 15.9 Å². The summed E-state index contributed by atoms with van der Waals surface area (Å²) in [5.41, 5.74) is 3.81. The standard InChI is InChI=1S/C34H35FN6O2S/c1-4-32(42)41-14-13-40(20-23(41)19-37-2)33-27-16-29(35)26(24-9-5-11-31-25(24)10-7-15-44-31)17-30(27)38-34(28(33)18-36)43-21-22-8-6-12-39(22)3/h4-5,9,11,16-17,22-23H,1,6-8,10,12-15,19-21H2,3H3/t22-,23-/m0/s1. The molecule has 2 saturated heterocycles. The Morgan fingerprint density at radius 2 is 2.14 bits per heavy atom. The van der Waals surface area contributed by atoms with Gasteiger partial charge >= 0.3 is 0 Å². The Morgan fingerprint density at radius 1 is 1.27 bits per heavy atom. The number of nitriles is 1. The fourth-order valence-corrected chi connectivity index (χ4v) is 7.79. The van der Waals surface area contributed by atoms with Crippen molar-refractivity contribution in [1.29, 1.82) is 5.26 Å². The summed E-state index contributed by atoms with van der Waals surface area (Å²) < 4.78 is 22.5. The van der Waals surface area contributed by atoms with E-state index >= 15 is 4.39 Å². The lowest BCUT2D eigenvalue weighted by Gasteiger charge is -2.40. The van der Waals surface area contributed by atoms with Crippen molar-refractivity contribution in [1.82, 2.24) is 14.8 Å². The molecule has 0 saturated carbocycles. The van der Waals surface area contributed by atoms with Gasteiger partial charge in [0.2, 0.25) is 18.3 Å². The van der Waals surface area contributed by atoms with Gasteiger partial charge in [0.15, 0.2) is 0 Å². The highest BCUT2D eigenvalue weighted by atomic mass is 32.2. The molecule has 1 amide bonds. The maximum atomic E-state index is 16.2. The zero-order chi connectivity index (χ0) is 30.8. The molecule has 3 aliphatic heterocycles. The highest BCUT2D eigenvalue weighted by Gasteiger charge is 2.34. The number of aromatic nitrogens is 1. The topological polar surface area (TPSA) is 77.1 Å². The number of hydrogen-bond donors (Lipinski definition) is 0. The smallest absolute Gasteiger partial charge is 0.246 e. The minimum absolute atomic E-state index is 0.105. The second-order valence-electron chi connectivity index (χ2n) is 11.6.